The number of carbonyl (C=O) groups excluding carboxylic acids is 1. The topological polar surface area (TPSA) is 74.4 Å². The number of methoxy groups -OCH3 is 3. The first-order valence-electron chi connectivity index (χ1n) is 7.93. The van der Waals surface area contributed by atoms with Gasteiger partial charge in [0, 0.05) is 5.56 Å². The standard InChI is InChI=1S/C18H24N2O5/c1-20(2)13(14-7-6-8-25-14)11-19-18(21)12-9-15(22-3)17(24-5)16(10-12)23-4/h6-10,13H,11H2,1-5H3,(H,19,21)/p+1/t13-/m0/s1. The third-order valence-electron chi connectivity index (χ3n) is 3.98. The molecule has 0 radical (unpaired) electrons. The Labute approximate surface area is 147 Å². The number of likely N-dealkylation sites (N-methyl/N-ethyl adjacent to an activating group) is 1. The summed E-state index contributed by atoms with van der Waals surface area (Å²) in [5.41, 5.74) is 0.432. The number of benzene rings is 1. The molecular weight excluding hydrogens is 324 g/mol. The van der Waals surface area contributed by atoms with E-state index in [4.69, 9.17) is 18.6 Å². The summed E-state index contributed by atoms with van der Waals surface area (Å²) in [5.74, 6) is 1.93. The van der Waals surface area contributed by atoms with Gasteiger partial charge >= 0.3 is 0 Å². The highest BCUT2D eigenvalue weighted by molar-refractivity contribution is 5.95. The molecule has 7 nitrogen and oxygen atoms in total. The van der Waals surface area contributed by atoms with Crippen molar-refractivity contribution in [3.8, 4) is 17.2 Å². The van der Waals surface area contributed by atoms with Crippen LogP contribution in [-0.4, -0.2) is 47.9 Å². The monoisotopic (exact) mass is 349 g/mol. The first-order chi connectivity index (χ1) is 12.0. The molecule has 0 spiro atoms. The van der Waals surface area contributed by atoms with Crippen LogP contribution in [0.2, 0.25) is 0 Å². The molecule has 1 atom stereocenters. The largest absolute Gasteiger partial charge is 0.493 e. The summed E-state index contributed by atoms with van der Waals surface area (Å²) in [6.07, 6.45) is 1.63. The van der Waals surface area contributed by atoms with Gasteiger partial charge in [0.25, 0.3) is 5.91 Å². The van der Waals surface area contributed by atoms with Crippen LogP contribution >= 0.6 is 0 Å². The molecule has 0 saturated heterocycles. The minimum atomic E-state index is -0.225. The molecule has 0 bridgehead atoms. The number of ether oxygens (including phenoxy) is 3. The lowest BCUT2D eigenvalue weighted by Gasteiger charge is -2.20. The number of quaternary nitrogens is 1. The van der Waals surface area contributed by atoms with Crippen molar-refractivity contribution in [1.82, 2.24) is 5.32 Å². The molecule has 136 valence electrons. The molecule has 1 amide bonds. The second-order valence-electron chi connectivity index (χ2n) is 5.77. The first kappa shape index (κ1) is 18.7. The van der Waals surface area contributed by atoms with E-state index in [9.17, 15) is 4.79 Å². The SMILES string of the molecule is COc1cc(C(=O)NC[C@@H](c2ccco2)[NH+](C)C)cc(OC)c1OC. The number of amides is 1. The number of furan rings is 1. The van der Waals surface area contributed by atoms with E-state index in [1.54, 1.807) is 18.4 Å². The minimum Gasteiger partial charge on any atom is -0.493 e. The van der Waals surface area contributed by atoms with Crippen LogP contribution in [0.1, 0.15) is 22.2 Å². The average Bonchev–Trinajstić information content (AvgIpc) is 3.14. The highest BCUT2D eigenvalue weighted by Crippen LogP contribution is 2.38. The maximum Gasteiger partial charge on any atom is 0.251 e. The summed E-state index contributed by atoms with van der Waals surface area (Å²) < 4.78 is 21.3. The molecule has 2 aromatic rings. The van der Waals surface area contributed by atoms with Gasteiger partial charge in [0.15, 0.2) is 23.3 Å². The molecule has 7 heteroatoms. The van der Waals surface area contributed by atoms with Crippen molar-refractivity contribution in [1.29, 1.82) is 0 Å². The highest BCUT2D eigenvalue weighted by atomic mass is 16.5. The van der Waals surface area contributed by atoms with Gasteiger partial charge in [-0.25, -0.2) is 0 Å². The van der Waals surface area contributed by atoms with Gasteiger partial charge < -0.3 is 28.8 Å². The van der Waals surface area contributed by atoms with Gasteiger partial charge in [-0.3, -0.25) is 4.79 Å². The van der Waals surface area contributed by atoms with Gasteiger partial charge in [0.2, 0.25) is 5.75 Å². The number of hydrogen-bond acceptors (Lipinski definition) is 5. The molecule has 0 aliphatic carbocycles. The minimum absolute atomic E-state index is 0.0148. The highest BCUT2D eigenvalue weighted by Gasteiger charge is 2.23. The van der Waals surface area contributed by atoms with Crippen molar-refractivity contribution < 1.29 is 28.3 Å². The fourth-order valence-corrected chi connectivity index (χ4v) is 2.59. The summed E-state index contributed by atoms with van der Waals surface area (Å²) >= 11 is 0. The number of hydrogen-bond donors (Lipinski definition) is 2. The number of carbonyl (C=O) groups is 1. The second-order valence-corrected chi connectivity index (χ2v) is 5.77. The lowest BCUT2D eigenvalue weighted by molar-refractivity contribution is -0.891. The third kappa shape index (κ3) is 4.24. The van der Waals surface area contributed by atoms with Crippen molar-refractivity contribution in [2.45, 2.75) is 6.04 Å². The summed E-state index contributed by atoms with van der Waals surface area (Å²) in [4.78, 5) is 13.7. The van der Waals surface area contributed by atoms with E-state index < -0.39 is 0 Å². The Bertz CT molecular complexity index is 672. The maximum atomic E-state index is 12.6. The quantitative estimate of drug-likeness (QED) is 0.741. The zero-order valence-corrected chi connectivity index (χ0v) is 15.2. The van der Waals surface area contributed by atoms with Crippen LogP contribution in [0.25, 0.3) is 0 Å². The van der Waals surface area contributed by atoms with Crippen molar-refractivity contribution in [2.75, 3.05) is 42.0 Å². The molecule has 0 unspecified atom stereocenters. The van der Waals surface area contributed by atoms with Crippen molar-refractivity contribution in [3.05, 3.63) is 41.9 Å². The second kappa shape index (κ2) is 8.43. The predicted molar refractivity (Wildman–Crippen MR) is 92.7 cm³/mol. The fraction of sp³-hybridized carbons (Fsp3) is 0.389. The summed E-state index contributed by atoms with van der Waals surface area (Å²) in [6, 6.07) is 7.01. The average molecular weight is 349 g/mol. The Kier molecular flexibility index (Phi) is 6.30. The van der Waals surface area contributed by atoms with E-state index in [2.05, 4.69) is 5.32 Å². The molecule has 0 aliphatic rings. The lowest BCUT2D eigenvalue weighted by atomic mass is 10.1. The molecule has 0 aliphatic heterocycles. The summed E-state index contributed by atoms with van der Waals surface area (Å²) in [6.45, 7) is 0.436. The predicted octanol–water partition coefficient (Wildman–Crippen LogP) is 0.921. The van der Waals surface area contributed by atoms with Crippen molar-refractivity contribution >= 4 is 5.91 Å². The molecule has 2 rings (SSSR count). The summed E-state index contributed by atoms with van der Waals surface area (Å²) in [7, 11) is 8.58. The smallest absolute Gasteiger partial charge is 0.251 e. The Morgan fingerprint density at radius 1 is 1.16 bits per heavy atom. The van der Waals surface area contributed by atoms with Crippen LogP contribution in [0.3, 0.4) is 0 Å². The zero-order chi connectivity index (χ0) is 18.4. The molecule has 1 heterocycles. The van der Waals surface area contributed by atoms with Crippen molar-refractivity contribution in [3.63, 3.8) is 0 Å². The van der Waals surface area contributed by atoms with E-state index in [1.807, 2.05) is 26.2 Å². The normalized spacial score (nSPS) is 11.9. The molecule has 1 aromatic carbocycles. The van der Waals surface area contributed by atoms with Crippen LogP contribution in [0.5, 0.6) is 17.2 Å². The van der Waals surface area contributed by atoms with Crippen LogP contribution in [-0.2, 0) is 0 Å². The summed E-state index contributed by atoms with van der Waals surface area (Å²) in [5, 5.41) is 2.94. The number of nitrogens with one attached hydrogen (secondary N) is 2. The Balaban J connectivity index is 2.17. The van der Waals surface area contributed by atoms with E-state index in [1.165, 1.54) is 21.3 Å². The first-order valence-corrected chi connectivity index (χ1v) is 7.93. The van der Waals surface area contributed by atoms with Gasteiger partial charge in [-0.2, -0.15) is 0 Å². The maximum absolute atomic E-state index is 12.6. The van der Waals surface area contributed by atoms with E-state index in [0.717, 1.165) is 10.7 Å². The third-order valence-corrected chi connectivity index (χ3v) is 3.98. The van der Waals surface area contributed by atoms with Gasteiger partial charge in [-0.15, -0.1) is 0 Å². The van der Waals surface area contributed by atoms with Crippen LogP contribution in [0, 0.1) is 0 Å². The molecule has 0 fully saturated rings. The Morgan fingerprint density at radius 2 is 1.80 bits per heavy atom. The van der Waals surface area contributed by atoms with E-state index >= 15 is 0 Å². The van der Waals surface area contributed by atoms with E-state index in [0.29, 0.717) is 29.4 Å². The van der Waals surface area contributed by atoms with Gasteiger partial charge in [0.05, 0.1) is 48.2 Å². The zero-order valence-electron chi connectivity index (χ0n) is 15.2. The number of rotatable bonds is 8. The van der Waals surface area contributed by atoms with E-state index in [-0.39, 0.29) is 11.9 Å². The Morgan fingerprint density at radius 3 is 2.24 bits per heavy atom. The molecule has 25 heavy (non-hydrogen) atoms. The molecular formula is C18H25N2O5+. The Hall–Kier alpha value is -2.67. The van der Waals surface area contributed by atoms with Crippen LogP contribution < -0.4 is 24.4 Å². The fourth-order valence-electron chi connectivity index (χ4n) is 2.59. The van der Waals surface area contributed by atoms with Crippen LogP contribution in [0.4, 0.5) is 0 Å². The van der Waals surface area contributed by atoms with Crippen molar-refractivity contribution in [2.24, 2.45) is 0 Å². The van der Waals surface area contributed by atoms with Gasteiger partial charge in [-0.1, -0.05) is 0 Å². The molecule has 2 N–H and O–H groups in total. The van der Waals surface area contributed by atoms with Crippen LogP contribution in [0.15, 0.2) is 34.9 Å². The molecule has 1 aromatic heterocycles. The lowest BCUT2D eigenvalue weighted by Crippen LogP contribution is -3.07. The van der Waals surface area contributed by atoms with Gasteiger partial charge in [0.1, 0.15) is 0 Å². The van der Waals surface area contributed by atoms with Gasteiger partial charge in [-0.05, 0) is 24.3 Å². The molecule has 0 saturated carbocycles.